The number of carboxylic acid groups (broad SMARTS) is 1. The lowest BCUT2D eigenvalue weighted by Crippen LogP contribution is -2.26. The summed E-state index contributed by atoms with van der Waals surface area (Å²) in [6.07, 6.45) is 0.180. The fraction of sp³-hybridized carbons (Fsp3) is 0.300. The van der Waals surface area contributed by atoms with Crippen molar-refractivity contribution in [2.75, 3.05) is 13.2 Å². The first-order chi connectivity index (χ1) is 8.38. The number of aliphatic hydroxyl groups is 1. The Bertz CT molecular complexity index is 543. The van der Waals surface area contributed by atoms with Crippen LogP contribution in [-0.4, -0.2) is 37.8 Å². The summed E-state index contributed by atoms with van der Waals surface area (Å²) in [5.41, 5.74) is -0.320. The highest BCUT2D eigenvalue weighted by Crippen LogP contribution is 2.16. The number of halogens is 1. The van der Waals surface area contributed by atoms with Gasteiger partial charge in [-0.05, 0) is 24.6 Å². The SMILES string of the molecule is O=C(O)c1ccc(F)c(S(=O)(=O)NCCCO)c1. The lowest BCUT2D eigenvalue weighted by Gasteiger charge is -2.07. The van der Waals surface area contributed by atoms with Crippen LogP contribution in [0.25, 0.3) is 0 Å². The Kier molecular flexibility index (Phi) is 4.76. The van der Waals surface area contributed by atoms with E-state index in [1.807, 2.05) is 0 Å². The van der Waals surface area contributed by atoms with Crippen molar-refractivity contribution in [3.8, 4) is 0 Å². The standard InChI is InChI=1S/C10H12FNO5S/c11-8-3-2-7(10(14)15)6-9(8)18(16,17)12-4-1-5-13/h2-3,6,12-13H,1,4-5H2,(H,14,15). The Balaban J connectivity index is 3.07. The zero-order valence-corrected chi connectivity index (χ0v) is 10.1. The maximum Gasteiger partial charge on any atom is 0.335 e. The number of hydrogen-bond donors (Lipinski definition) is 3. The number of sulfonamides is 1. The highest BCUT2D eigenvalue weighted by Gasteiger charge is 2.20. The summed E-state index contributed by atoms with van der Waals surface area (Å²) in [4.78, 5) is 9.96. The van der Waals surface area contributed by atoms with E-state index < -0.39 is 26.7 Å². The molecule has 0 unspecified atom stereocenters. The molecule has 0 atom stereocenters. The van der Waals surface area contributed by atoms with Gasteiger partial charge in [0.05, 0.1) is 5.56 Å². The molecule has 100 valence electrons. The van der Waals surface area contributed by atoms with E-state index >= 15 is 0 Å². The lowest BCUT2D eigenvalue weighted by molar-refractivity contribution is 0.0696. The third kappa shape index (κ3) is 3.49. The first kappa shape index (κ1) is 14.6. The third-order valence-corrected chi connectivity index (χ3v) is 3.57. The zero-order chi connectivity index (χ0) is 13.8. The smallest absolute Gasteiger partial charge is 0.335 e. The zero-order valence-electron chi connectivity index (χ0n) is 9.26. The number of hydrogen-bond acceptors (Lipinski definition) is 4. The van der Waals surface area contributed by atoms with Gasteiger partial charge in [0.25, 0.3) is 0 Å². The van der Waals surface area contributed by atoms with Crippen molar-refractivity contribution in [3.63, 3.8) is 0 Å². The number of carboxylic acids is 1. The molecule has 1 aromatic carbocycles. The molecule has 0 amide bonds. The second kappa shape index (κ2) is 5.89. The van der Waals surface area contributed by atoms with Crippen LogP contribution < -0.4 is 4.72 Å². The number of nitrogens with one attached hydrogen (secondary N) is 1. The van der Waals surface area contributed by atoms with Crippen molar-refractivity contribution < 1.29 is 27.8 Å². The molecule has 0 spiro atoms. The highest BCUT2D eigenvalue weighted by molar-refractivity contribution is 7.89. The summed E-state index contributed by atoms with van der Waals surface area (Å²) >= 11 is 0. The average Bonchev–Trinajstić information content (AvgIpc) is 2.29. The van der Waals surface area contributed by atoms with E-state index in [-0.39, 0.29) is 25.1 Å². The molecule has 0 aromatic heterocycles. The van der Waals surface area contributed by atoms with Gasteiger partial charge in [-0.3, -0.25) is 0 Å². The number of aliphatic hydroxyl groups excluding tert-OH is 1. The predicted octanol–water partition coefficient (Wildman–Crippen LogP) is 0.185. The van der Waals surface area contributed by atoms with Gasteiger partial charge in [-0.25, -0.2) is 22.3 Å². The fourth-order valence-electron chi connectivity index (χ4n) is 1.21. The second-order valence-electron chi connectivity index (χ2n) is 3.43. The molecule has 0 aliphatic rings. The van der Waals surface area contributed by atoms with E-state index in [0.29, 0.717) is 0 Å². The molecule has 0 radical (unpaired) electrons. The largest absolute Gasteiger partial charge is 0.478 e. The van der Waals surface area contributed by atoms with E-state index in [9.17, 15) is 17.6 Å². The van der Waals surface area contributed by atoms with Gasteiger partial charge in [0.1, 0.15) is 10.7 Å². The molecule has 0 saturated carbocycles. The molecule has 1 aromatic rings. The van der Waals surface area contributed by atoms with Crippen molar-refractivity contribution in [2.24, 2.45) is 0 Å². The van der Waals surface area contributed by atoms with Crippen molar-refractivity contribution in [3.05, 3.63) is 29.6 Å². The summed E-state index contributed by atoms with van der Waals surface area (Å²) in [6, 6.07) is 2.51. The summed E-state index contributed by atoms with van der Waals surface area (Å²) in [6.45, 7) is -0.268. The molecule has 0 fully saturated rings. The van der Waals surface area contributed by atoms with Gasteiger partial charge in [0.2, 0.25) is 10.0 Å². The maximum absolute atomic E-state index is 13.4. The highest BCUT2D eigenvalue weighted by atomic mass is 32.2. The van der Waals surface area contributed by atoms with Crippen LogP contribution in [0.3, 0.4) is 0 Å². The molecule has 3 N–H and O–H groups in total. The van der Waals surface area contributed by atoms with E-state index in [1.54, 1.807) is 0 Å². The molecule has 1 rings (SSSR count). The monoisotopic (exact) mass is 277 g/mol. The molecule has 0 heterocycles. The van der Waals surface area contributed by atoms with Gasteiger partial charge in [-0.15, -0.1) is 0 Å². The average molecular weight is 277 g/mol. The first-order valence-corrected chi connectivity index (χ1v) is 6.50. The molecular formula is C10H12FNO5S. The van der Waals surface area contributed by atoms with Crippen molar-refractivity contribution in [2.45, 2.75) is 11.3 Å². The quantitative estimate of drug-likeness (QED) is 0.644. The Hall–Kier alpha value is -1.51. The number of aromatic carboxylic acids is 1. The number of carbonyl (C=O) groups is 1. The molecule has 0 aliphatic heterocycles. The van der Waals surface area contributed by atoms with Gasteiger partial charge >= 0.3 is 5.97 Å². The van der Waals surface area contributed by atoms with Crippen LogP contribution in [0.15, 0.2) is 23.1 Å². The minimum Gasteiger partial charge on any atom is -0.478 e. The minimum absolute atomic E-state index is 0.0599. The molecule has 18 heavy (non-hydrogen) atoms. The molecule has 0 saturated heterocycles. The lowest BCUT2D eigenvalue weighted by atomic mass is 10.2. The van der Waals surface area contributed by atoms with Crippen molar-refractivity contribution in [1.29, 1.82) is 0 Å². The van der Waals surface area contributed by atoms with Gasteiger partial charge in [-0.1, -0.05) is 0 Å². The van der Waals surface area contributed by atoms with Gasteiger partial charge in [-0.2, -0.15) is 0 Å². The Morgan fingerprint density at radius 3 is 2.61 bits per heavy atom. The predicted molar refractivity (Wildman–Crippen MR) is 60.3 cm³/mol. The Morgan fingerprint density at radius 1 is 1.39 bits per heavy atom. The fourth-order valence-corrected chi connectivity index (χ4v) is 2.38. The topological polar surface area (TPSA) is 104 Å². The van der Waals surface area contributed by atoms with Gasteiger partial charge in [0.15, 0.2) is 0 Å². The summed E-state index contributed by atoms with van der Waals surface area (Å²) in [7, 11) is -4.12. The molecule has 6 nitrogen and oxygen atoms in total. The van der Waals surface area contributed by atoms with Crippen LogP contribution in [0.1, 0.15) is 16.8 Å². The van der Waals surface area contributed by atoms with E-state index in [2.05, 4.69) is 4.72 Å². The van der Waals surface area contributed by atoms with Gasteiger partial charge in [0, 0.05) is 13.2 Å². The number of rotatable bonds is 6. The normalized spacial score (nSPS) is 11.4. The molecule has 8 heteroatoms. The van der Waals surface area contributed by atoms with Crippen LogP contribution in [0.5, 0.6) is 0 Å². The molecule has 0 aliphatic carbocycles. The summed E-state index contributed by atoms with van der Waals surface area (Å²) in [5, 5.41) is 17.2. The Labute approximate surface area is 103 Å². The number of benzene rings is 1. The van der Waals surface area contributed by atoms with Gasteiger partial charge < -0.3 is 10.2 Å². The van der Waals surface area contributed by atoms with Crippen molar-refractivity contribution in [1.82, 2.24) is 4.72 Å². The second-order valence-corrected chi connectivity index (χ2v) is 5.16. The van der Waals surface area contributed by atoms with Crippen molar-refractivity contribution >= 4 is 16.0 Å². The maximum atomic E-state index is 13.4. The molecular weight excluding hydrogens is 265 g/mol. The van der Waals surface area contributed by atoms with E-state index in [0.717, 1.165) is 18.2 Å². The van der Waals surface area contributed by atoms with Crippen LogP contribution in [0.4, 0.5) is 4.39 Å². The van der Waals surface area contributed by atoms with E-state index in [4.69, 9.17) is 10.2 Å². The first-order valence-electron chi connectivity index (χ1n) is 5.02. The van der Waals surface area contributed by atoms with E-state index in [1.165, 1.54) is 0 Å². The minimum atomic E-state index is -4.12. The summed E-state index contributed by atoms with van der Waals surface area (Å²) in [5.74, 6) is -2.38. The van der Waals surface area contributed by atoms with Crippen LogP contribution in [0.2, 0.25) is 0 Å². The van der Waals surface area contributed by atoms with Crippen LogP contribution >= 0.6 is 0 Å². The van der Waals surface area contributed by atoms with Crippen LogP contribution in [0, 0.1) is 5.82 Å². The molecule has 0 bridgehead atoms. The Morgan fingerprint density at radius 2 is 2.06 bits per heavy atom. The third-order valence-electron chi connectivity index (χ3n) is 2.09. The van der Waals surface area contributed by atoms with Crippen LogP contribution in [-0.2, 0) is 10.0 Å². The summed E-state index contributed by atoms with van der Waals surface area (Å²) < 4.78 is 38.8.